The molecule has 1 saturated heterocycles. The molecule has 7 heteroatoms. The van der Waals surface area contributed by atoms with Gasteiger partial charge >= 0.3 is 0 Å². The lowest BCUT2D eigenvalue weighted by molar-refractivity contribution is 0.0859. The van der Waals surface area contributed by atoms with Crippen LogP contribution in [0.2, 0.25) is 0 Å². The average molecular weight is 448 g/mol. The average Bonchev–Trinajstić information content (AvgIpc) is 3.28. The molecule has 0 radical (unpaired) electrons. The molecule has 31 heavy (non-hydrogen) atoms. The number of aromatic nitrogens is 1. The van der Waals surface area contributed by atoms with Gasteiger partial charge in [-0.2, -0.15) is 0 Å². The molecule has 2 bridgehead atoms. The molecular formula is C24H37N3O3S. The van der Waals surface area contributed by atoms with Crippen LogP contribution in [0.25, 0.3) is 0 Å². The predicted octanol–water partition coefficient (Wildman–Crippen LogP) is 4.79. The maximum Gasteiger partial charge on any atom is 0.291 e. The standard InChI is InChI=1S/C24H37N3O3S/c28-23(26-20-17-5-4-6-18(20)10-9-17)21-22(31-19-7-2-1-3-8-19)24(27-30-21)29-15-16-11-13-25-14-12-16/h16-20,25H,1-15H2,(H,26,28). The molecular weight excluding hydrogens is 410 g/mol. The first-order valence-electron chi connectivity index (χ1n) is 12.6. The van der Waals surface area contributed by atoms with E-state index in [1.807, 2.05) is 0 Å². The normalized spacial score (nSPS) is 29.7. The fraction of sp³-hybridized carbons (Fsp3) is 0.833. The van der Waals surface area contributed by atoms with Gasteiger partial charge in [0.25, 0.3) is 11.8 Å². The third kappa shape index (κ3) is 5.08. The maximum absolute atomic E-state index is 13.3. The molecule has 3 saturated carbocycles. The molecule has 6 nitrogen and oxygen atoms in total. The van der Waals surface area contributed by atoms with E-state index in [9.17, 15) is 4.79 Å². The molecule has 4 aliphatic rings. The lowest BCUT2D eigenvalue weighted by Crippen LogP contribution is -2.43. The summed E-state index contributed by atoms with van der Waals surface area (Å²) in [6.07, 6.45) is 14.8. The van der Waals surface area contributed by atoms with E-state index in [0.29, 0.717) is 47.3 Å². The molecule has 0 aromatic carbocycles. The number of amides is 1. The van der Waals surface area contributed by atoms with E-state index in [4.69, 9.17) is 9.26 Å². The highest BCUT2D eigenvalue weighted by Gasteiger charge is 2.41. The number of rotatable bonds is 7. The van der Waals surface area contributed by atoms with Crippen molar-refractivity contribution in [2.24, 2.45) is 17.8 Å². The molecule has 4 fully saturated rings. The van der Waals surface area contributed by atoms with Gasteiger partial charge in [-0.05, 0) is 87.4 Å². The summed E-state index contributed by atoms with van der Waals surface area (Å²) in [6, 6.07) is 0.304. The molecule has 2 heterocycles. The number of nitrogens with one attached hydrogen (secondary N) is 2. The summed E-state index contributed by atoms with van der Waals surface area (Å²) in [5, 5.41) is 11.5. The summed E-state index contributed by atoms with van der Waals surface area (Å²) < 4.78 is 11.8. The van der Waals surface area contributed by atoms with Crippen LogP contribution in [0.4, 0.5) is 0 Å². The summed E-state index contributed by atoms with van der Waals surface area (Å²) in [6.45, 7) is 2.75. The minimum atomic E-state index is -0.0914. The zero-order valence-corrected chi connectivity index (χ0v) is 19.4. The minimum absolute atomic E-state index is 0.0914. The number of carbonyl (C=O) groups excluding carboxylic acids is 1. The molecule has 1 aliphatic heterocycles. The zero-order valence-electron chi connectivity index (χ0n) is 18.6. The molecule has 0 spiro atoms. The van der Waals surface area contributed by atoms with Crippen molar-refractivity contribution in [2.75, 3.05) is 19.7 Å². The number of carbonyl (C=O) groups is 1. The molecule has 2 N–H and O–H groups in total. The quantitative estimate of drug-likeness (QED) is 0.626. The van der Waals surface area contributed by atoms with Crippen molar-refractivity contribution in [3.05, 3.63) is 5.76 Å². The van der Waals surface area contributed by atoms with Crippen LogP contribution in [0.15, 0.2) is 9.42 Å². The predicted molar refractivity (Wildman–Crippen MR) is 122 cm³/mol. The second kappa shape index (κ2) is 10.2. The number of nitrogens with zero attached hydrogens (tertiary/aromatic N) is 1. The van der Waals surface area contributed by atoms with Crippen LogP contribution in [0.5, 0.6) is 5.88 Å². The van der Waals surface area contributed by atoms with Gasteiger partial charge in [-0.1, -0.05) is 25.7 Å². The van der Waals surface area contributed by atoms with Crippen molar-refractivity contribution in [3.63, 3.8) is 0 Å². The van der Waals surface area contributed by atoms with E-state index in [2.05, 4.69) is 15.8 Å². The molecule has 172 valence electrons. The van der Waals surface area contributed by atoms with E-state index in [0.717, 1.165) is 30.8 Å². The molecule has 2 unspecified atom stereocenters. The molecule has 3 aliphatic carbocycles. The molecule has 1 aromatic heterocycles. The topological polar surface area (TPSA) is 76.4 Å². The number of thioether (sulfide) groups is 1. The third-order valence-corrected chi connectivity index (χ3v) is 9.35. The fourth-order valence-electron chi connectivity index (χ4n) is 6.12. The van der Waals surface area contributed by atoms with Crippen LogP contribution >= 0.6 is 11.8 Å². The van der Waals surface area contributed by atoms with Crippen LogP contribution in [0.3, 0.4) is 0 Å². The van der Waals surface area contributed by atoms with E-state index in [1.54, 1.807) is 11.8 Å². The molecule has 1 amide bonds. The van der Waals surface area contributed by atoms with Crippen LogP contribution in [-0.2, 0) is 0 Å². The minimum Gasteiger partial charge on any atom is -0.474 e. The SMILES string of the molecule is O=C(NC1C2CCCC1CC2)c1onc(OCC2CCNCC2)c1SC1CCCCC1. The Hall–Kier alpha value is -1.21. The van der Waals surface area contributed by atoms with Crippen molar-refractivity contribution in [2.45, 2.75) is 93.2 Å². The number of fused-ring (bicyclic) bond motifs is 2. The van der Waals surface area contributed by atoms with Gasteiger partial charge in [0.2, 0.25) is 5.76 Å². The first-order valence-corrected chi connectivity index (χ1v) is 13.5. The number of piperidine rings is 1. The maximum atomic E-state index is 13.3. The van der Waals surface area contributed by atoms with Gasteiger partial charge in [0.1, 0.15) is 4.90 Å². The van der Waals surface area contributed by atoms with Gasteiger partial charge in [0, 0.05) is 11.3 Å². The number of hydrogen-bond donors (Lipinski definition) is 2. The second-order valence-electron chi connectivity index (χ2n) is 10.1. The Labute approximate surface area is 190 Å². The first kappa shape index (κ1) is 21.6. The highest BCUT2D eigenvalue weighted by atomic mass is 32.2. The third-order valence-electron chi connectivity index (χ3n) is 7.95. The van der Waals surface area contributed by atoms with Gasteiger partial charge in [0.05, 0.1) is 6.61 Å². The smallest absolute Gasteiger partial charge is 0.291 e. The van der Waals surface area contributed by atoms with E-state index in [-0.39, 0.29) is 5.91 Å². The van der Waals surface area contributed by atoms with Crippen LogP contribution < -0.4 is 15.4 Å². The van der Waals surface area contributed by atoms with E-state index >= 15 is 0 Å². The Morgan fingerprint density at radius 3 is 2.48 bits per heavy atom. The highest BCUT2D eigenvalue weighted by Crippen LogP contribution is 2.43. The van der Waals surface area contributed by atoms with Gasteiger partial charge < -0.3 is 19.9 Å². The summed E-state index contributed by atoms with van der Waals surface area (Å²) in [4.78, 5) is 14.1. The van der Waals surface area contributed by atoms with Gasteiger partial charge in [-0.25, -0.2) is 0 Å². The Kier molecular flexibility index (Phi) is 7.08. The molecule has 1 aromatic rings. The monoisotopic (exact) mass is 447 g/mol. The van der Waals surface area contributed by atoms with Crippen molar-refractivity contribution in [1.29, 1.82) is 0 Å². The number of ether oxygens (including phenoxy) is 1. The van der Waals surface area contributed by atoms with E-state index < -0.39 is 0 Å². The Morgan fingerprint density at radius 1 is 1.00 bits per heavy atom. The largest absolute Gasteiger partial charge is 0.474 e. The van der Waals surface area contributed by atoms with Gasteiger partial charge in [-0.15, -0.1) is 11.8 Å². The number of hydrogen-bond acceptors (Lipinski definition) is 6. The Bertz CT molecular complexity index is 726. The van der Waals surface area contributed by atoms with Crippen LogP contribution in [0.1, 0.15) is 87.6 Å². The second-order valence-corrected chi connectivity index (χ2v) is 11.4. The van der Waals surface area contributed by atoms with E-state index in [1.165, 1.54) is 64.2 Å². The fourth-order valence-corrected chi connectivity index (χ4v) is 7.45. The Balaban J connectivity index is 1.30. The summed E-state index contributed by atoms with van der Waals surface area (Å²) in [5.74, 6) is 2.63. The first-order chi connectivity index (χ1) is 15.3. The van der Waals surface area contributed by atoms with Crippen molar-refractivity contribution in [3.8, 4) is 5.88 Å². The molecule has 2 atom stereocenters. The van der Waals surface area contributed by atoms with Crippen molar-refractivity contribution >= 4 is 17.7 Å². The highest BCUT2D eigenvalue weighted by molar-refractivity contribution is 8.00. The lowest BCUT2D eigenvalue weighted by Gasteiger charge is -2.30. The van der Waals surface area contributed by atoms with Crippen molar-refractivity contribution < 1.29 is 14.1 Å². The van der Waals surface area contributed by atoms with Gasteiger partial charge in [-0.3, -0.25) is 4.79 Å². The lowest BCUT2D eigenvalue weighted by atomic mass is 9.84. The zero-order chi connectivity index (χ0) is 21.0. The molecule has 5 rings (SSSR count). The summed E-state index contributed by atoms with van der Waals surface area (Å²) in [7, 11) is 0. The van der Waals surface area contributed by atoms with Crippen molar-refractivity contribution in [1.82, 2.24) is 15.8 Å². The van der Waals surface area contributed by atoms with Gasteiger partial charge in [0.15, 0.2) is 0 Å². The van der Waals surface area contributed by atoms with Crippen LogP contribution in [0, 0.1) is 17.8 Å². The summed E-state index contributed by atoms with van der Waals surface area (Å²) in [5.41, 5.74) is 0. The van der Waals surface area contributed by atoms with Crippen LogP contribution in [-0.4, -0.2) is 42.1 Å². The summed E-state index contributed by atoms with van der Waals surface area (Å²) >= 11 is 1.76. The Morgan fingerprint density at radius 2 is 1.74 bits per heavy atom.